The van der Waals surface area contributed by atoms with E-state index in [1.165, 1.54) is 12.1 Å². The van der Waals surface area contributed by atoms with Gasteiger partial charge < -0.3 is 11.1 Å². The Bertz CT molecular complexity index is 1110. The van der Waals surface area contributed by atoms with Crippen molar-refractivity contribution < 1.29 is 22.4 Å². The molecule has 1 aliphatic carbocycles. The molecule has 0 saturated heterocycles. The van der Waals surface area contributed by atoms with E-state index in [-0.39, 0.29) is 30.7 Å². The minimum Gasteiger partial charge on any atom is -0.369 e. The molecule has 2 aromatic carbocycles. The lowest BCUT2D eigenvalue weighted by atomic mass is 9.98. The van der Waals surface area contributed by atoms with Crippen molar-refractivity contribution in [1.82, 2.24) is 5.32 Å². The Morgan fingerprint density at radius 3 is 2.31 bits per heavy atom. The van der Waals surface area contributed by atoms with Gasteiger partial charge in [-0.25, -0.2) is 12.8 Å². The number of carbonyl (C=O) groups excluding carboxylic acids is 2. The minimum atomic E-state index is -3.95. The molecular formula is C24H29FN2O4S. The van der Waals surface area contributed by atoms with Gasteiger partial charge in [0.15, 0.2) is 14.6 Å². The van der Waals surface area contributed by atoms with Gasteiger partial charge in [0.05, 0.1) is 10.8 Å². The molecule has 32 heavy (non-hydrogen) atoms. The van der Waals surface area contributed by atoms with Crippen LogP contribution in [0.5, 0.6) is 0 Å². The number of amides is 2. The van der Waals surface area contributed by atoms with Gasteiger partial charge in [-0.3, -0.25) is 9.59 Å². The molecule has 2 amide bonds. The second kappa shape index (κ2) is 9.40. The molecule has 0 bridgehead atoms. The zero-order valence-corrected chi connectivity index (χ0v) is 19.2. The molecule has 1 saturated carbocycles. The van der Waals surface area contributed by atoms with Gasteiger partial charge >= 0.3 is 0 Å². The van der Waals surface area contributed by atoms with Crippen LogP contribution in [0.15, 0.2) is 47.4 Å². The van der Waals surface area contributed by atoms with E-state index in [1.807, 2.05) is 13.0 Å². The summed E-state index contributed by atoms with van der Waals surface area (Å²) >= 11 is 0. The summed E-state index contributed by atoms with van der Waals surface area (Å²) in [5, 5.41) is 2.70. The first-order chi connectivity index (χ1) is 15.1. The van der Waals surface area contributed by atoms with Gasteiger partial charge in [0.1, 0.15) is 5.82 Å². The van der Waals surface area contributed by atoms with Crippen LogP contribution in [0.25, 0.3) is 0 Å². The van der Waals surface area contributed by atoms with Gasteiger partial charge in [-0.1, -0.05) is 37.1 Å². The molecule has 0 aromatic heterocycles. The summed E-state index contributed by atoms with van der Waals surface area (Å²) in [5.41, 5.74) is 7.61. The Hall–Kier alpha value is -2.74. The maximum atomic E-state index is 13.7. The van der Waals surface area contributed by atoms with E-state index in [0.717, 1.165) is 5.56 Å². The van der Waals surface area contributed by atoms with Crippen LogP contribution in [0.2, 0.25) is 0 Å². The fourth-order valence-electron chi connectivity index (χ4n) is 4.33. The highest BCUT2D eigenvalue weighted by Crippen LogP contribution is 2.41. The standard InChI is InChI=1S/C24H29FN2O4S/c1-16-5-6-17(2)21(13-16)32(30,31)24(11-3-4-12-24)23(29)27-15-19(22(26)28)14-18-7-9-20(25)10-8-18/h5-10,13,19H,3-4,11-12,14-15H2,1-2H3,(H2,26,28)(H,27,29). The Balaban J connectivity index is 1.83. The molecule has 0 radical (unpaired) electrons. The Labute approximate surface area is 188 Å². The molecule has 3 N–H and O–H groups in total. The first-order valence-electron chi connectivity index (χ1n) is 10.7. The average Bonchev–Trinajstić information content (AvgIpc) is 3.25. The van der Waals surface area contributed by atoms with Crippen molar-refractivity contribution in [3.8, 4) is 0 Å². The van der Waals surface area contributed by atoms with Crippen molar-refractivity contribution >= 4 is 21.7 Å². The maximum absolute atomic E-state index is 13.7. The number of benzene rings is 2. The minimum absolute atomic E-state index is 0.0877. The molecule has 8 heteroatoms. The van der Waals surface area contributed by atoms with Crippen molar-refractivity contribution in [2.75, 3.05) is 6.54 Å². The number of hydrogen-bond acceptors (Lipinski definition) is 4. The van der Waals surface area contributed by atoms with E-state index in [1.54, 1.807) is 31.2 Å². The van der Waals surface area contributed by atoms with E-state index in [2.05, 4.69) is 5.32 Å². The van der Waals surface area contributed by atoms with Crippen molar-refractivity contribution in [2.45, 2.75) is 55.6 Å². The molecule has 1 unspecified atom stereocenters. The lowest BCUT2D eigenvalue weighted by molar-refractivity contribution is -0.124. The van der Waals surface area contributed by atoms with Crippen LogP contribution in [0.1, 0.15) is 42.4 Å². The number of nitrogens with two attached hydrogens (primary N) is 1. The number of halogens is 1. The normalized spacial score (nSPS) is 16.5. The highest BCUT2D eigenvalue weighted by molar-refractivity contribution is 7.93. The van der Waals surface area contributed by atoms with Crippen molar-refractivity contribution in [2.24, 2.45) is 11.7 Å². The number of carbonyl (C=O) groups is 2. The molecule has 1 aliphatic rings. The third-order valence-electron chi connectivity index (χ3n) is 6.28. The van der Waals surface area contributed by atoms with Gasteiger partial charge in [0.25, 0.3) is 0 Å². The van der Waals surface area contributed by atoms with E-state index >= 15 is 0 Å². The third-order valence-corrected chi connectivity index (χ3v) is 8.92. The second-order valence-corrected chi connectivity index (χ2v) is 10.8. The topological polar surface area (TPSA) is 106 Å². The SMILES string of the molecule is Cc1ccc(C)c(S(=O)(=O)C2(C(=O)NCC(Cc3ccc(F)cc3)C(N)=O)CCCC2)c1. The van der Waals surface area contributed by atoms with Crippen LogP contribution in [0.4, 0.5) is 4.39 Å². The average molecular weight is 461 g/mol. The summed E-state index contributed by atoms with van der Waals surface area (Å²) in [6.07, 6.45) is 1.94. The van der Waals surface area contributed by atoms with Crippen LogP contribution in [-0.2, 0) is 25.8 Å². The Kier molecular flexibility index (Phi) is 7.03. The third kappa shape index (κ3) is 4.70. The summed E-state index contributed by atoms with van der Waals surface area (Å²) in [6.45, 7) is 3.45. The Morgan fingerprint density at radius 2 is 1.72 bits per heavy atom. The summed E-state index contributed by atoms with van der Waals surface area (Å²) in [4.78, 5) is 25.5. The molecule has 0 heterocycles. The number of hydrogen-bond donors (Lipinski definition) is 2. The van der Waals surface area contributed by atoms with Crippen molar-refractivity contribution in [3.63, 3.8) is 0 Å². The predicted octanol–water partition coefficient (Wildman–Crippen LogP) is 2.99. The molecule has 0 spiro atoms. The number of sulfone groups is 1. The number of nitrogens with one attached hydrogen (secondary N) is 1. The number of rotatable bonds is 8. The monoisotopic (exact) mass is 460 g/mol. The van der Waals surface area contributed by atoms with Gasteiger partial charge in [-0.15, -0.1) is 0 Å². The van der Waals surface area contributed by atoms with Crippen LogP contribution in [-0.4, -0.2) is 31.5 Å². The quantitative estimate of drug-likeness (QED) is 0.632. The fraction of sp³-hybridized carbons (Fsp3) is 0.417. The Morgan fingerprint density at radius 1 is 1.09 bits per heavy atom. The molecule has 3 rings (SSSR count). The first-order valence-corrected chi connectivity index (χ1v) is 12.2. The van der Waals surface area contributed by atoms with Crippen molar-refractivity contribution in [3.05, 3.63) is 65.0 Å². The number of aryl methyl sites for hydroxylation is 2. The highest BCUT2D eigenvalue weighted by atomic mass is 32.2. The van der Waals surface area contributed by atoms with Crippen LogP contribution in [0, 0.1) is 25.6 Å². The largest absolute Gasteiger partial charge is 0.369 e. The van der Waals surface area contributed by atoms with E-state index in [0.29, 0.717) is 24.0 Å². The summed E-state index contributed by atoms with van der Waals surface area (Å²) in [7, 11) is -3.95. The smallest absolute Gasteiger partial charge is 0.241 e. The molecule has 0 aliphatic heterocycles. The van der Waals surface area contributed by atoms with Gasteiger partial charge in [-0.2, -0.15) is 0 Å². The maximum Gasteiger partial charge on any atom is 0.241 e. The summed E-state index contributed by atoms with van der Waals surface area (Å²) in [6, 6.07) is 10.9. The fourth-order valence-corrected chi connectivity index (χ4v) is 6.72. The highest BCUT2D eigenvalue weighted by Gasteiger charge is 2.53. The van der Waals surface area contributed by atoms with E-state index in [4.69, 9.17) is 5.73 Å². The molecule has 172 valence electrons. The van der Waals surface area contributed by atoms with E-state index in [9.17, 15) is 22.4 Å². The second-order valence-electron chi connectivity index (χ2n) is 8.61. The zero-order valence-electron chi connectivity index (χ0n) is 18.4. The van der Waals surface area contributed by atoms with Gasteiger partial charge in [0.2, 0.25) is 11.8 Å². The number of primary amides is 1. The predicted molar refractivity (Wildman–Crippen MR) is 120 cm³/mol. The molecule has 1 atom stereocenters. The molecule has 2 aromatic rings. The lowest BCUT2D eigenvalue weighted by Gasteiger charge is -2.29. The van der Waals surface area contributed by atoms with Crippen molar-refractivity contribution in [1.29, 1.82) is 0 Å². The zero-order chi connectivity index (χ0) is 23.5. The van der Waals surface area contributed by atoms with Crippen LogP contribution in [0.3, 0.4) is 0 Å². The summed E-state index contributed by atoms with van der Waals surface area (Å²) in [5.74, 6) is -2.35. The lowest BCUT2D eigenvalue weighted by Crippen LogP contribution is -2.52. The van der Waals surface area contributed by atoms with E-state index < -0.39 is 38.1 Å². The van der Waals surface area contributed by atoms with Crippen LogP contribution >= 0.6 is 0 Å². The first kappa shape index (κ1) is 23.9. The molecule has 6 nitrogen and oxygen atoms in total. The molecular weight excluding hydrogens is 431 g/mol. The molecule has 1 fully saturated rings. The van der Waals surface area contributed by atoms with Gasteiger partial charge in [-0.05, 0) is 68.0 Å². The van der Waals surface area contributed by atoms with Gasteiger partial charge in [0, 0.05) is 6.54 Å². The summed E-state index contributed by atoms with van der Waals surface area (Å²) < 4.78 is 39.0. The van der Waals surface area contributed by atoms with Crippen LogP contribution < -0.4 is 11.1 Å².